The number of benzene rings is 1. The van der Waals surface area contributed by atoms with E-state index in [4.69, 9.17) is 4.74 Å². The highest BCUT2D eigenvalue weighted by atomic mass is 127. The third-order valence-electron chi connectivity index (χ3n) is 1.89. The summed E-state index contributed by atoms with van der Waals surface area (Å²) in [7, 11) is 1.34. The Morgan fingerprint density at radius 2 is 2.00 bits per heavy atom. The summed E-state index contributed by atoms with van der Waals surface area (Å²) in [5, 5.41) is 0. The molecule has 0 saturated heterocycles. The molecule has 0 aliphatic carbocycles. The van der Waals surface area contributed by atoms with Gasteiger partial charge in [0.15, 0.2) is 6.61 Å². The first-order valence-corrected chi connectivity index (χ1v) is 6.13. The minimum absolute atomic E-state index is 0.0396. The largest absolute Gasteiger partial charge is 0.482 e. The molecule has 0 radical (unpaired) electrons. The van der Waals surface area contributed by atoms with Crippen molar-refractivity contribution in [2.75, 3.05) is 18.1 Å². The predicted molar refractivity (Wildman–Crippen MR) is 66.5 cm³/mol. The average Bonchev–Trinajstić information content (AvgIpc) is 2.28. The highest BCUT2D eigenvalue weighted by molar-refractivity contribution is 14.1. The van der Waals surface area contributed by atoms with Crippen molar-refractivity contribution < 1.29 is 14.3 Å². The van der Waals surface area contributed by atoms with Gasteiger partial charge in [0, 0.05) is 4.43 Å². The summed E-state index contributed by atoms with van der Waals surface area (Å²) in [6, 6.07) is 7.74. The summed E-state index contributed by atoms with van der Waals surface area (Å²) >= 11 is 2.34. The molecule has 0 fully saturated rings. The van der Waals surface area contributed by atoms with Crippen LogP contribution in [0.5, 0.6) is 5.75 Å². The molecule has 0 bridgehead atoms. The third kappa shape index (κ3) is 4.51. The van der Waals surface area contributed by atoms with Crippen LogP contribution in [0.15, 0.2) is 24.3 Å². The molecule has 15 heavy (non-hydrogen) atoms. The minimum atomic E-state index is -0.369. The quantitative estimate of drug-likeness (QED) is 0.474. The van der Waals surface area contributed by atoms with Gasteiger partial charge in [0.25, 0.3) is 0 Å². The summed E-state index contributed by atoms with van der Waals surface area (Å²) in [6.07, 6.45) is 1.05. The highest BCUT2D eigenvalue weighted by Gasteiger charge is 2.01. The zero-order valence-corrected chi connectivity index (χ0v) is 10.7. The van der Waals surface area contributed by atoms with Crippen LogP contribution in [0.2, 0.25) is 0 Å². The van der Waals surface area contributed by atoms with Crippen LogP contribution in [-0.4, -0.2) is 24.1 Å². The predicted octanol–water partition coefficient (Wildman–Crippen LogP) is 2.22. The van der Waals surface area contributed by atoms with Gasteiger partial charge in [0.2, 0.25) is 0 Å². The number of methoxy groups -OCH3 is 1. The van der Waals surface area contributed by atoms with Crippen molar-refractivity contribution >= 4 is 28.6 Å². The van der Waals surface area contributed by atoms with E-state index in [-0.39, 0.29) is 12.6 Å². The summed E-state index contributed by atoms with van der Waals surface area (Å²) in [6.45, 7) is -0.0396. The van der Waals surface area contributed by atoms with E-state index in [9.17, 15) is 4.79 Å². The number of hydrogen-bond donors (Lipinski definition) is 0. The maximum atomic E-state index is 10.8. The molecule has 0 N–H and O–H groups in total. The Morgan fingerprint density at radius 3 is 2.53 bits per heavy atom. The van der Waals surface area contributed by atoms with Gasteiger partial charge in [0.05, 0.1) is 7.11 Å². The molecule has 1 aromatic rings. The van der Waals surface area contributed by atoms with Crippen LogP contribution in [0, 0.1) is 0 Å². The molecule has 0 saturated carbocycles. The average molecular weight is 320 g/mol. The van der Waals surface area contributed by atoms with Crippen molar-refractivity contribution in [3.8, 4) is 5.75 Å². The summed E-state index contributed by atoms with van der Waals surface area (Å²) in [5.74, 6) is 0.323. The Kier molecular flexibility index (Phi) is 5.45. The Morgan fingerprint density at radius 1 is 1.33 bits per heavy atom. The fraction of sp³-hybridized carbons (Fsp3) is 0.364. The van der Waals surface area contributed by atoms with Crippen molar-refractivity contribution in [2.45, 2.75) is 6.42 Å². The first-order chi connectivity index (χ1) is 7.26. The van der Waals surface area contributed by atoms with Crippen LogP contribution in [-0.2, 0) is 16.0 Å². The van der Waals surface area contributed by atoms with Crippen LogP contribution in [0.25, 0.3) is 0 Å². The highest BCUT2D eigenvalue weighted by Crippen LogP contribution is 2.13. The molecule has 0 aromatic heterocycles. The molecule has 0 heterocycles. The molecule has 0 aliphatic rings. The van der Waals surface area contributed by atoms with Crippen molar-refractivity contribution in [1.29, 1.82) is 0 Å². The molecule has 0 atom stereocenters. The second kappa shape index (κ2) is 6.66. The van der Waals surface area contributed by atoms with E-state index >= 15 is 0 Å². The first kappa shape index (κ1) is 12.3. The van der Waals surface area contributed by atoms with E-state index in [0.29, 0.717) is 5.75 Å². The molecule has 0 unspecified atom stereocenters. The molecular formula is C11H13IO3. The van der Waals surface area contributed by atoms with Crippen LogP contribution in [0.4, 0.5) is 0 Å². The topological polar surface area (TPSA) is 35.5 Å². The van der Waals surface area contributed by atoms with Crippen molar-refractivity contribution in [2.24, 2.45) is 0 Å². The number of rotatable bonds is 5. The third-order valence-corrected chi connectivity index (χ3v) is 2.43. The number of ether oxygens (including phenoxy) is 2. The Hall–Kier alpha value is -0.780. The minimum Gasteiger partial charge on any atom is -0.482 e. The number of aryl methyl sites for hydroxylation is 1. The van der Waals surface area contributed by atoms with E-state index in [1.807, 2.05) is 24.3 Å². The zero-order valence-electron chi connectivity index (χ0n) is 8.53. The number of alkyl halides is 1. The Bertz CT molecular complexity index is 308. The maximum absolute atomic E-state index is 10.8. The van der Waals surface area contributed by atoms with Gasteiger partial charge in [-0.25, -0.2) is 4.79 Å². The fourth-order valence-electron chi connectivity index (χ4n) is 1.06. The molecular weight excluding hydrogens is 307 g/mol. The molecule has 0 amide bonds. The molecule has 1 aromatic carbocycles. The van der Waals surface area contributed by atoms with Crippen LogP contribution in [0.1, 0.15) is 5.56 Å². The SMILES string of the molecule is COC(=O)COc1ccc(CCI)cc1. The van der Waals surface area contributed by atoms with Gasteiger partial charge in [-0.15, -0.1) is 0 Å². The monoisotopic (exact) mass is 320 g/mol. The van der Waals surface area contributed by atoms with Crippen LogP contribution < -0.4 is 4.74 Å². The molecule has 0 aliphatic heterocycles. The molecule has 1 rings (SSSR count). The lowest BCUT2D eigenvalue weighted by molar-refractivity contribution is -0.142. The number of carbonyl (C=O) groups is 1. The van der Waals surface area contributed by atoms with Gasteiger partial charge in [0.1, 0.15) is 5.75 Å². The van der Waals surface area contributed by atoms with Crippen LogP contribution in [0.3, 0.4) is 0 Å². The van der Waals surface area contributed by atoms with Crippen LogP contribution >= 0.6 is 22.6 Å². The summed E-state index contributed by atoms with van der Waals surface area (Å²) in [5.41, 5.74) is 1.27. The lowest BCUT2D eigenvalue weighted by atomic mass is 10.2. The van der Waals surface area contributed by atoms with Crippen molar-refractivity contribution in [1.82, 2.24) is 0 Å². The van der Waals surface area contributed by atoms with E-state index in [2.05, 4.69) is 27.3 Å². The summed E-state index contributed by atoms with van der Waals surface area (Å²) in [4.78, 5) is 10.8. The Labute approximate surface area is 103 Å². The zero-order chi connectivity index (χ0) is 11.1. The number of esters is 1. The van der Waals surface area contributed by atoms with E-state index < -0.39 is 0 Å². The van der Waals surface area contributed by atoms with Gasteiger partial charge in [-0.3, -0.25) is 0 Å². The standard InChI is InChI=1S/C11H13IO3/c1-14-11(13)8-15-10-4-2-9(3-5-10)6-7-12/h2-5H,6-8H2,1H3. The molecule has 4 heteroatoms. The number of carbonyl (C=O) groups excluding carboxylic acids is 1. The van der Waals surface area contributed by atoms with Crippen molar-refractivity contribution in [3.63, 3.8) is 0 Å². The van der Waals surface area contributed by atoms with Gasteiger partial charge >= 0.3 is 5.97 Å². The lowest BCUT2D eigenvalue weighted by Gasteiger charge is -2.05. The molecule has 0 spiro atoms. The van der Waals surface area contributed by atoms with Gasteiger partial charge < -0.3 is 9.47 Å². The van der Waals surface area contributed by atoms with Crippen molar-refractivity contribution in [3.05, 3.63) is 29.8 Å². The fourth-order valence-corrected chi connectivity index (χ4v) is 1.69. The number of halogens is 1. The smallest absolute Gasteiger partial charge is 0.343 e. The van der Waals surface area contributed by atoms with Gasteiger partial charge in [-0.1, -0.05) is 34.7 Å². The second-order valence-electron chi connectivity index (χ2n) is 2.95. The lowest BCUT2D eigenvalue weighted by Crippen LogP contribution is -2.12. The first-order valence-electron chi connectivity index (χ1n) is 4.61. The van der Waals surface area contributed by atoms with E-state index in [1.165, 1.54) is 12.7 Å². The summed E-state index contributed by atoms with van der Waals surface area (Å²) < 4.78 is 10.8. The molecule has 82 valence electrons. The second-order valence-corrected chi connectivity index (χ2v) is 4.03. The molecule has 3 nitrogen and oxygen atoms in total. The van der Waals surface area contributed by atoms with E-state index in [0.717, 1.165) is 10.8 Å². The van der Waals surface area contributed by atoms with E-state index in [1.54, 1.807) is 0 Å². The van der Waals surface area contributed by atoms with Gasteiger partial charge in [-0.2, -0.15) is 0 Å². The van der Waals surface area contributed by atoms with Gasteiger partial charge in [-0.05, 0) is 24.1 Å². The normalized spacial score (nSPS) is 9.73. The Balaban J connectivity index is 2.45. The maximum Gasteiger partial charge on any atom is 0.343 e. The number of hydrogen-bond acceptors (Lipinski definition) is 3.